The molecule has 63 valence electrons. The molecule has 0 unspecified atom stereocenters. The average molecular weight is 164 g/mol. The molecule has 1 aromatic rings. The van der Waals surface area contributed by atoms with Gasteiger partial charge < -0.3 is 5.11 Å². The van der Waals surface area contributed by atoms with E-state index in [1.807, 2.05) is 0 Å². The van der Waals surface area contributed by atoms with Crippen molar-refractivity contribution in [2.75, 3.05) is 0 Å². The Kier molecular flexibility index (Phi) is 2.13. The van der Waals surface area contributed by atoms with Gasteiger partial charge in [0.15, 0.2) is 0 Å². The molecule has 0 spiro atoms. The molecule has 3 nitrogen and oxygen atoms in total. The molecule has 1 radical (unpaired) electrons. The highest BCUT2D eigenvalue weighted by Crippen LogP contribution is 2.20. The Morgan fingerprint density at radius 1 is 1.67 bits per heavy atom. The van der Waals surface area contributed by atoms with Crippen LogP contribution in [0.15, 0.2) is 18.2 Å². The molecule has 0 bridgehead atoms. The molecule has 1 aromatic heterocycles. The van der Waals surface area contributed by atoms with Gasteiger partial charge >= 0.3 is 5.97 Å². The molecule has 1 heterocycles. The lowest BCUT2D eigenvalue weighted by molar-refractivity contribution is -0.142. The van der Waals surface area contributed by atoms with Crippen molar-refractivity contribution in [2.45, 2.75) is 19.3 Å². The van der Waals surface area contributed by atoms with Crippen molar-refractivity contribution in [1.29, 1.82) is 0 Å². The molecule has 12 heavy (non-hydrogen) atoms. The fraction of sp³-hybridized carbons (Fsp3) is 0.333. The molecule has 1 N–H and O–H groups in total. The Morgan fingerprint density at radius 2 is 2.33 bits per heavy atom. The summed E-state index contributed by atoms with van der Waals surface area (Å²) in [5.74, 6) is -0.880. The normalized spacial score (nSPS) is 11.2. The predicted octanol–water partition coefficient (Wildman–Crippen LogP) is 1.24. The number of carbonyl (C=O) groups is 1. The Morgan fingerprint density at radius 3 is 2.75 bits per heavy atom. The Balaban J connectivity index is 3.06. The standard InChI is InChI=1S/C9H10NO2/c1-9(2,8(11)12)7-5-3-4-6-10-7/h3-5H,1-2H3,(H,11,12). The largest absolute Gasteiger partial charge is 0.481 e. The minimum absolute atomic E-state index is 0.525. The van der Waals surface area contributed by atoms with E-state index >= 15 is 0 Å². The summed E-state index contributed by atoms with van der Waals surface area (Å²) in [5.41, 5.74) is -0.407. The van der Waals surface area contributed by atoms with Crippen LogP contribution < -0.4 is 0 Å². The third kappa shape index (κ3) is 1.44. The molecule has 0 aliphatic carbocycles. The summed E-state index contributed by atoms with van der Waals surface area (Å²) in [6.07, 6.45) is 2.61. The Labute approximate surface area is 71.1 Å². The van der Waals surface area contributed by atoms with E-state index in [4.69, 9.17) is 5.11 Å². The second kappa shape index (κ2) is 2.93. The van der Waals surface area contributed by atoms with Gasteiger partial charge in [-0.15, -0.1) is 0 Å². The van der Waals surface area contributed by atoms with E-state index in [0.717, 1.165) is 0 Å². The van der Waals surface area contributed by atoms with Crippen molar-refractivity contribution in [3.63, 3.8) is 0 Å². The maximum atomic E-state index is 10.8. The molecule has 0 fully saturated rings. The van der Waals surface area contributed by atoms with Crippen LogP contribution in [0.3, 0.4) is 0 Å². The summed E-state index contributed by atoms with van der Waals surface area (Å²) in [4.78, 5) is 14.6. The van der Waals surface area contributed by atoms with Crippen molar-refractivity contribution < 1.29 is 9.90 Å². The van der Waals surface area contributed by atoms with Gasteiger partial charge in [0.2, 0.25) is 0 Å². The van der Waals surface area contributed by atoms with Gasteiger partial charge in [-0.25, -0.2) is 0 Å². The van der Waals surface area contributed by atoms with Crippen molar-refractivity contribution in [3.05, 3.63) is 30.1 Å². The molecule has 0 aromatic carbocycles. The molecular weight excluding hydrogens is 154 g/mol. The van der Waals surface area contributed by atoms with Crippen molar-refractivity contribution in [3.8, 4) is 0 Å². The lowest BCUT2D eigenvalue weighted by Gasteiger charge is -2.17. The van der Waals surface area contributed by atoms with Gasteiger partial charge in [0.1, 0.15) is 5.41 Å². The van der Waals surface area contributed by atoms with Crippen molar-refractivity contribution in [2.24, 2.45) is 0 Å². The predicted molar refractivity (Wildman–Crippen MR) is 43.7 cm³/mol. The molecule has 0 aliphatic rings. The fourth-order valence-corrected chi connectivity index (χ4v) is 0.784. The average Bonchev–Trinajstić information content (AvgIpc) is 2.06. The smallest absolute Gasteiger partial charge is 0.315 e. The number of rotatable bonds is 2. The van der Waals surface area contributed by atoms with Gasteiger partial charge in [0.05, 0.1) is 11.9 Å². The topological polar surface area (TPSA) is 50.2 Å². The zero-order valence-electron chi connectivity index (χ0n) is 7.03. The first kappa shape index (κ1) is 8.71. The first-order chi connectivity index (χ1) is 5.55. The number of hydrogen-bond acceptors (Lipinski definition) is 2. The van der Waals surface area contributed by atoms with Gasteiger partial charge in [-0.2, -0.15) is 0 Å². The molecule has 0 aliphatic heterocycles. The van der Waals surface area contributed by atoms with Crippen LogP contribution in [0.1, 0.15) is 19.5 Å². The monoisotopic (exact) mass is 164 g/mol. The molecule has 3 heteroatoms. The number of carboxylic acid groups (broad SMARTS) is 1. The highest BCUT2D eigenvalue weighted by molar-refractivity contribution is 5.79. The summed E-state index contributed by atoms with van der Waals surface area (Å²) in [6.45, 7) is 3.23. The van der Waals surface area contributed by atoms with Crippen LogP contribution in [-0.4, -0.2) is 16.1 Å². The second-order valence-corrected chi connectivity index (χ2v) is 3.08. The van der Waals surface area contributed by atoms with E-state index in [1.54, 1.807) is 32.0 Å². The summed E-state index contributed by atoms with van der Waals surface area (Å²) >= 11 is 0. The highest BCUT2D eigenvalue weighted by Gasteiger charge is 2.30. The minimum Gasteiger partial charge on any atom is -0.481 e. The van der Waals surface area contributed by atoms with Gasteiger partial charge in [0, 0.05) is 0 Å². The molecule has 0 atom stereocenters. The zero-order valence-corrected chi connectivity index (χ0v) is 7.03. The van der Waals surface area contributed by atoms with Crippen molar-refractivity contribution in [1.82, 2.24) is 4.98 Å². The fourth-order valence-electron chi connectivity index (χ4n) is 0.784. The summed E-state index contributed by atoms with van der Waals surface area (Å²) in [6, 6.07) is 5.05. The van der Waals surface area contributed by atoms with Crippen LogP contribution in [0.4, 0.5) is 0 Å². The molecule has 1 rings (SSSR count). The van der Waals surface area contributed by atoms with Crippen LogP contribution in [0, 0.1) is 6.20 Å². The Bertz CT molecular complexity index is 280. The van der Waals surface area contributed by atoms with E-state index in [2.05, 4.69) is 11.2 Å². The molecular formula is C9H10NO2. The Hall–Kier alpha value is -1.38. The first-order valence-electron chi connectivity index (χ1n) is 3.62. The molecule has 0 saturated heterocycles. The summed E-state index contributed by atoms with van der Waals surface area (Å²) in [7, 11) is 0. The quantitative estimate of drug-likeness (QED) is 0.715. The van der Waals surface area contributed by atoms with Crippen LogP contribution in [0.2, 0.25) is 0 Å². The summed E-state index contributed by atoms with van der Waals surface area (Å²) < 4.78 is 0. The lowest BCUT2D eigenvalue weighted by atomic mass is 9.89. The SMILES string of the molecule is CC(C)(C(=O)O)c1ccc[c]n1. The second-order valence-electron chi connectivity index (χ2n) is 3.08. The van der Waals surface area contributed by atoms with E-state index in [-0.39, 0.29) is 0 Å². The third-order valence-corrected chi connectivity index (χ3v) is 1.78. The van der Waals surface area contributed by atoms with Crippen molar-refractivity contribution >= 4 is 5.97 Å². The van der Waals surface area contributed by atoms with E-state index in [9.17, 15) is 4.79 Å². The third-order valence-electron chi connectivity index (χ3n) is 1.78. The van der Waals surface area contributed by atoms with Gasteiger partial charge in [-0.3, -0.25) is 9.78 Å². The van der Waals surface area contributed by atoms with E-state index in [0.29, 0.717) is 5.69 Å². The van der Waals surface area contributed by atoms with Gasteiger partial charge in [-0.05, 0) is 26.0 Å². The molecule has 0 saturated carbocycles. The van der Waals surface area contributed by atoms with E-state index in [1.165, 1.54) is 0 Å². The van der Waals surface area contributed by atoms with Gasteiger partial charge in [-0.1, -0.05) is 6.07 Å². The lowest BCUT2D eigenvalue weighted by Crippen LogP contribution is -2.29. The number of aromatic nitrogens is 1. The van der Waals surface area contributed by atoms with Crippen LogP contribution >= 0.6 is 0 Å². The maximum absolute atomic E-state index is 10.8. The van der Waals surface area contributed by atoms with Crippen LogP contribution in [0.5, 0.6) is 0 Å². The highest BCUT2D eigenvalue weighted by atomic mass is 16.4. The van der Waals surface area contributed by atoms with Gasteiger partial charge in [0.25, 0.3) is 0 Å². The first-order valence-corrected chi connectivity index (χ1v) is 3.62. The number of hydrogen-bond donors (Lipinski definition) is 1. The van der Waals surface area contributed by atoms with E-state index < -0.39 is 11.4 Å². The number of carboxylic acids is 1. The number of nitrogens with zero attached hydrogens (tertiary/aromatic N) is 1. The summed E-state index contributed by atoms with van der Waals surface area (Å²) in [5, 5.41) is 8.84. The number of aliphatic carboxylic acids is 1. The van der Waals surface area contributed by atoms with Crippen LogP contribution in [-0.2, 0) is 10.2 Å². The molecule has 0 amide bonds. The maximum Gasteiger partial charge on any atom is 0.315 e. The van der Waals surface area contributed by atoms with Crippen LogP contribution in [0.25, 0.3) is 0 Å². The minimum atomic E-state index is -0.933. The number of pyridine rings is 1. The zero-order chi connectivity index (χ0) is 9.19.